The maximum absolute atomic E-state index is 11.1. The first-order valence-electron chi connectivity index (χ1n) is 5.27. The van der Waals surface area contributed by atoms with E-state index in [2.05, 4.69) is 9.72 Å². The van der Waals surface area contributed by atoms with Crippen LogP contribution in [0.5, 0.6) is 0 Å². The van der Waals surface area contributed by atoms with Gasteiger partial charge in [0.15, 0.2) is 0 Å². The minimum Gasteiger partial charge on any atom is -0.469 e. The Bertz CT molecular complexity index is 548. The summed E-state index contributed by atoms with van der Waals surface area (Å²) in [6.07, 6.45) is 0.810. The minimum absolute atomic E-state index is 0.0468. The molecule has 0 saturated heterocycles. The zero-order valence-electron chi connectivity index (χ0n) is 9.75. The maximum atomic E-state index is 11.1. The Morgan fingerprint density at radius 3 is 3.06 bits per heavy atom. The fourth-order valence-electron chi connectivity index (χ4n) is 1.72. The van der Waals surface area contributed by atoms with Crippen LogP contribution in [0.2, 0.25) is 0 Å². The molecule has 1 aromatic carbocycles. The second kappa shape index (κ2) is 4.55. The summed E-state index contributed by atoms with van der Waals surface area (Å²) < 4.78 is 6.41. The number of aryl methyl sites for hydroxylation is 1. The summed E-state index contributed by atoms with van der Waals surface area (Å²) in [6, 6.07) is 5.44. The van der Waals surface area contributed by atoms with Gasteiger partial charge >= 0.3 is 5.97 Å². The number of hydrogen-bond acceptors (Lipinski definition) is 4. The van der Waals surface area contributed by atoms with Gasteiger partial charge in [-0.05, 0) is 17.7 Å². The van der Waals surface area contributed by atoms with Crippen molar-refractivity contribution in [1.82, 2.24) is 9.55 Å². The van der Waals surface area contributed by atoms with Gasteiger partial charge in [0.25, 0.3) is 0 Å². The van der Waals surface area contributed by atoms with Crippen molar-refractivity contribution < 1.29 is 14.6 Å². The molecule has 0 aliphatic rings. The first-order valence-corrected chi connectivity index (χ1v) is 5.27. The molecule has 0 saturated carbocycles. The highest BCUT2D eigenvalue weighted by Crippen LogP contribution is 2.21. The van der Waals surface area contributed by atoms with E-state index in [9.17, 15) is 9.90 Å². The summed E-state index contributed by atoms with van der Waals surface area (Å²) in [6.45, 7) is 0. The number of aromatic nitrogens is 2. The lowest BCUT2D eigenvalue weighted by Gasteiger charge is -2.09. The van der Waals surface area contributed by atoms with Gasteiger partial charge in [0.05, 0.1) is 37.0 Å². The molecular formula is C12H14N2O3. The van der Waals surface area contributed by atoms with Gasteiger partial charge in [-0.2, -0.15) is 0 Å². The van der Waals surface area contributed by atoms with E-state index in [0.29, 0.717) is 5.56 Å². The molecule has 90 valence electrons. The molecule has 1 atom stereocenters. The number of fused-ring (bicyclic) bond motifs is 1. The van der Waals surface area contributed by atoms with Crippen molar-refractivity contribution in [1.29, 1.82) is 0 Å². The van der Waals surface area contributed by atoms with Crippen molar-refractivity contribution in [3.05, 3.63) is 30.1 Å². The quantitative estimate of drug-likeness (QED) is 0.810. The van der Waals surface area contributed by atoms with Crippen LogP contribution < -0.4 is 0 Å². The molecule has 2 rings (SSSR count). The molecule has 0 fully saturated rings. The lowest BCUT2D eigenvalue weighted by Crippen LogP contribution is -2.08. The molecule has 1 N–H and O–H groups in total. The number of aliphatic hydroxyl groups is 1. The number of benzene rings is 1. The Labute approximate surface area is 98.6 Å². The lowest BCUT2D eigenvalue weighted by molar-refractivity contribution is -0.142. The molecule has 1 heterocycles. The Hall–Kier alpha value is -1.88. The zero-order chi connectivity index (χ0) is 12.4. The molecule has 5 heteroatoms. The SMILES string of the molecule is COC(=O)C[C@H](O)c1ccc2c(c1)ncn2C. The average molecular weight is 234 g/mol. The van der Waals surface area contributed by atoms with Crippen LogP contribution in [-0.2, 0) is 16.6 Å². The topological polar surface area (TPSA) is 64.3 Å². The molecule has 1 aromatic heterocycles. The van der Waals surface area contributed by atoms with Crippen LogP contribution in [0.15, 0.2) is 24.5 Å². The summed E-state index contributed by atoms with van der Waals surface area (Å²) in [7, 11) is 3.21. The molecule has 0 bridgehead atoms. The third-order valence-corrected chi connectivity index (χ3v) is 2.72. The predicted molar refractivity (Wildman–Crippen MR) is 62.3 cm³/mol. The number of carbonyl (C=O) groups is 1. The fraction of sp³-hybridized carbons (Fsp3) is 0.333. The van der Waals surface area contributed by atoms with E-state index in [-0.39, 0.29) is 6.42 Å². The number of nitrogens with zero attached hydrogens (tertiary/aromatic N) is 2. The summed E-state index contributed by atoms with van der Waals surface area (Å²) in [5.74, 6) is -0.432. The molecular weight excluding hydrogens is 220 g/mol. The first-order chi connectivity index (χ1) is 8.11. The number of aliphatic hydroxyl groups excluding tert-OH is 1. The molecule has 2 aromatic rings. The monoisotopic (exact) mass is 234 g/mol. The molecule has 0 aliphatic carbocycles. The number of esters is 1. The first kappa shape index (κ1) is 11.6. The molecule has 0 radical (unpaired) electrons. The number of rotatable bonds is 3. The standard InChI is InChI=1S/C12H14N2O3/c1-14-7-13-9-5-8(3-4-10(9)14)11(15)6-12(16)17-2/h3-5,7,11,15H,6H2,1-2H3/t11-/m0/s1. The van der Waals surface area contributed by atoms with Crippen molar-refractivity contribution in [2.75, 3.05) is 7.11 Å². The van der Waals surface area contributed by atoms with Crippen molar-refractivity contribution >= 4 is 17.0 Å². The number of hydrogen-bond donors (Lipinski definition) is 1. The fourth-order valence-corrected chi connectivity index (χ4v) is 1.72. The molecule has 17 heavy (non-hydrogen) atoms. The summed E-state index contributed by atoms with van der Waals surface area (Å²) in [5.41, 5.74) is 2.45. The molecule has 0 amide bonds. The average Bonchev–Trinajstić information content (AvgIpc) is 2.70. The summed E-state index contributed by atoms with van der Waals surface area (Å²) in [5, 5.41) is 9.85. The van der Waals surface area contributed by atoms with Gasteiger partial charge in [0, 0.05) is 7.05 Å². The highest BCUT2D eigenvalue weighted by Gasteiger charge is 2.14. The van der Waals surface area contributed by atoms with Crippen LogP contribution in [0.4, 0.5) is 0 Å². The molecule has 5 nitrogen and oxygen atoms in total. The van der Waals surface area contributed by atoms with Crippen LogP contribution in [0.25, 0.3) is 11.0 Å². The highest BCUT2D eigenvalue weighted by molar-refractivity contribution is 5.76. The van der Waals surface area contributed by atoms with Gasteiger partial charge in [-0.1, -0.05) is 6.07 Å². The van der Waals surface area contributed by atoms with Gasteiger partial charge in [-0.3, -0.25) is 4.79 Å². The van der Waals surface area contributed by atoms with Crippen molar-refractivity contribution in [2.24, 2.45) is 7.05 Å². The second-order valence-electron chi connectivity index (χ2n) is 3.90. The summed E-state index contributed by atoms with van der Waals surface area (Å²) >= 11 is 0. The molecule has 0 aliphatic heterocycles. The van der Waals surface area contributed by atoms with Crippen LogP contribution in [0.3, 0.4) is 0 Å². The van der Waals surface area contributed by atoms with Crippen LogP contribution >= 0.6 is 0 Å². The number of imidazole rings is 1. The second-order valence-corrected chi connectivity index (χ2v) is 3.90. The Morgan fingerprint density at radius 2 is 2.35 bits per heavy atom. The van der Waals surface area contributed by atoms with E-state index < -0.39 is 12.1 Å². The third-order valence-electron chi connectivity index (χ3n) is 2.72. The Balaban J connectivity index is 2.26. The highest BCUT2D eigenvalue weighted by atomic mass is 16.5. The van der Waals surface area contributed by atoms with E-state index in [1.54, 1.807) is 18.5 Å². The smallest absolute Gasteiger partial charge is 0.308 e. The lowest BCUT2D eigenvalue weighted by atomic mass is 10.1. The summed E-state index contributed by atoms with van der Waals surface area (Å²) in [4.78, 5) is 15.3. The van der Waals surface area contributed by atoms with E-state index >= 15 is 0 Å². The number of methoxy groups -OCH3 is 1. The largest absolute Gasteiger partial charge is 0.469 e. The number of carbonyl (C=O) groups excluding carboxylic acids is 1. The van der Waals surface area contributed by atoms with E-state index in [1.807, 2.05) is 17.7 Å². The zero-order valence-corrected chi connectivity index (χ0v) is 9.75. The van der Waals surface area contributed by atoms with Crippen molar-refractivity contribution in [3.63, 3.8) is 0 Å². The van der Waals surface area contributed by atoms with Crippen LogP contribution in [0.1, 0.15) is 18.1 Å². The van der Waals surface area contributed by atoms with Crippen LogP contribution in [0, 0.1) is 0 Å². The van der Waals surface area contributed by atoms with Gasteiger partial charge < -0.3 is 14.4 Å². The van der Waals surface area contributed by atoms with Crippen molar-refractivity contribution in [3.8, 4) is 0 Å². The minimum atomic E-state index is -0.853. The van der Waals surface area contributed by atoms with E-state index in [1.165, 1.54) is 7.11 Å². The van der Waals surface area contributed by atoms with Crippen molar-refractivity contribution in [2.45, 2.75) is 12.5 Å². The van der Waals surface area contributed by atoms with Gasteiger partial charge in [-0.25, -0.2) is 4.98 Å². The number of ether oxygens (including phenoxy) is 1. The third kappa shape index (κ3) is 2.29. The van der Waals surface area contributed by atoms with Gasteiger partial charge in [-0.15, -0.1) is 0 Å². The Kier molecular flexibility index (Phi) is 3.10. The molecule has 0 unspecified atom stereocenters. The maximum Gasteiger partial charge on any atom is 0.308 e. The normalized spacial score (nSPS) is 12.6. The predicted octanol–water partition coefficient (Wildman–Crippen LogP) is 1.17. The van der Waals surface area contributed by atoms with Gasteiger partial charge in [0.1, 0.15) is 0 Å². The Morgan fingerprint density at radius 1 is 1.59 bits per heavy atom. The van der Waals surface area contributed by atoms with E-state index in [4.69, 9.17) is 0 Å². The molecule has 0 spiro atoms. The van der Waals surface area contributed by atoms with Gasteiger partial charge in [0.2, 0.25) is 0 Å². The van der Waals surface area contributed by atoms with Crippen LogP contribution in [-0.4, -0.2) is 27.7 Å². The van der Waals surface area contributed by atoms with E-state index in [0.717, 1.165) is 11.0 Å².